The van der Waals surface area contributed by atoms with Crippen molar-refractivity contribution in [1.82, 2.24) is 0 Å². The molecular formula is C28H37ClO4. The first-order valence-corrected chi connectivity index (χ1v) is 13.0. The maximum Gasteiger partial charge on any atom is 0.340 e. The summed E-state index contributed by atoms with van der Waals surface area (Å²) in [5, 5.41) is 22.6. The molecule has 3 saturated carbocycles. The Morgan fingerprint density at radius 2 is 1.85 bits per heavy atom. The average molecular weight is 473 g/mol. The molecule has 5 rings (SSSR count). The van der Waals surface area contributed by atoms with E-state index >= 15 is 0 Å². The number of ether oxygens (including phenoxy) is 1. The number of esters is 1. The molecule has 2 N–H and O–H groups in total. The number of allylic oxidation sites excluding steroid dienone is 1. The van der Waals surface area contributed by atoms with E-state index in [1.165, 1.54) is 5.57 Å². The van der Waals surface area contributed by atoms with Crippen molar-refractivity contribution in [1.29, 1.82) is 0 Å². The number of hydrogen-bond acceptors (Lipinski definition) is 4. The molecule has 0 aliphatic heterocycles. The summed E-state index contributed by atoms with van der Waals surface area (Å²) in [6.07, 6.45) is 9.04. The second-order valence-electron chi connectivity index (χ2n) is 11.6. The Kier molecular flexibility index (Phi) is 5.74. The Bertz CT molecular complexity index is 974. The van der Waals surface area contributed by atoms with Crippen LogP contribution in [0.3, 0.4) is 0 Å². The van der Waals surface area contributed by atoms with Crippen LogP contribution in [0, 0.1) is 28.6 Å². The first-order valence-electron chi connectivity index (χ1n) is 12.7. The van der Waals surface area contributed by atoms with Crippen molar-refractivity contribution in [3.63, 3.8) is 0 Å². The zero-order valence-corrected chi connectivity index (χ0v) is 20.8. The lowest BCUT2D eigenvalue weighted by atomic mass is 9.46. The number of halogens is 1. The molecule has 5 heteroatoms. The first kappa shape index (κ1) is 23.4. The number of aliphatic hydroxyl groups excluding tert-OH is 1. The van der Waals surface area contributed by atoms with Crippen LogP contribution < -0.4 is 0 Å². The molecule has 0 saturated heterocycles. The summed E-state index contributed by atoms with van der Waals surface area (Å²) in [6.45, 7) is 6.49. The van der Waals surface area contributed by atoms with Gasteiger partial charge < -0.3 is 14.9 Å². The van der Waals surface area contributed by atoms with Gasteiger partial charge in [-0.3, -0.25) is 0 Å². The normalized spacial score (nSPS) is 43.0. The molecule has 0 amide bonds. The fourth-order valence-corrected chi connectivity index (χ4v) is 8.52. The lowest BCUT2D eigenvalue weighted by Crippen LogP contribution is -2.58. The molecule has 1 aromatic carbocycles. The van der Waals surface area contributed by atoms with Gasteiger partial charge in [0.2, 0.25) is 0 Å². The van der Waals surface area contributed by atoms with Crippen molar-refractivity contribution in [2.45, 2.75) is 89.9 Å². The lowest BCUT2D eigenvalue weighted by Gasteiger charge is -2.59. The van der Waals surface area contributed by atoms with Crippen molar-refractivity contribution < 1.29 is 19.7 Å². The second kappa shape index (κ2) is 8.10. The van der Waals surface area contributed by atoms with Gasteiger partial charge in [0.15, 0.2) is 0 Å². The minimum Gasteiger partial charge on any atom is -0.456 e. The third-order valence-corrected chi connectivity index (χ3v) is 10.7. The molecule has 1 aromatic rings. The smallest absolute Gasteiger partial charge is 0.340 e. The molecule has 0 bridgehead atoms. The summed E-state index contributed by atoms with van der Waals surface area (Å²) in [6, 6.07) is 6.90. The van der Waals surface area contributed by atoms with Crippen LogP contribution in [0.15, 0.2) is 35.9 Å². The van der Waals surface area contributed by atoms with Crippen molar-refractivity contribution in [3.8, 4) is 0 Å². The Labute approximate surface area is 202 Å². The van der Waals surface area contributed by atoms with Crippen LogP contribution in [0.4, 0.5) is 0 Å². The molecule has 8 atom stereocenters. The molecule has 4 nitrogen and oxygen atoms in total. The summed E-state index contributed by atoms with van der Waals surface area (Å²) < 4.78 is 5.86. The standard InChI is InChI=1S/C28H37ClO4/c1-17(33-25(31)21-6-4-5-7-24(21)29)28(32)15-12-23-20-9-8-18-16-19(30)10-13-26(18,2)22(20)11-14-27(23,28)3/h4-8,17,19-20,22-23,30,32H,9-16H2,1-3H3/t17-,19+,20-,22+,23+,26+,27+,28+/m1/s1. The summed E-state index contributed by atoms with van der Waals surface area (Å²) in [4.78, 5) is 12.8. The molecule has 0 aromatic heterocycles. The number of carbonyl (C=O) groups excluding carboxylic acids is 1. The number of benzene rings is 1. The van der Waals surface area contributed by atoms with Crippen LogP contribution in [0.25, 0.3) is 0 Å². The molecule has 0 radical (unpaired) electrons. The molecule has 4 aliphatic carbocycles. The predicted molar refractivity (Wildman–Crippen MR) is 129 cm³/mol. The first-order chi connectivity index (χ1) is 15.6. The van der Waals surface area contributed by atoms with Gasteiger partial charge in [-0.05, 0) is 93.6 Å². The molecule has 3 fully saturated rings. The number of rotatable bonds is 3. The van der Waals surface area contributed by atoms with E-state index < -0.39 is 17.7 Å². The van der Waals surface area contributed by atoms with Crippen LogP contribution in [-0.4, -0.2) is 34.0 Å². The van der Waals surface area contributed by atoms with Crippen LogP contribution in [0.5, 0.6) is 0 Å². The van der Waals surface area contributed by atoms with Crippen molar-refractivity contribution in [3.05, 3.63) is 46.5 Å². The quantitative estimate of drug-likeness (QED) is 0.422. The van der Waals surface area contributed by atoms with E-state index in [-0.39, 0.29) is 16.9 Å². The van der Waals surface area contributed by atoms with Crippen molar-refractivity contribution in [2.75, 3.05) is 0 Å². The molecule has 4 aliphatic rings. The number of hydrogen-bond donors (Lipinski definition) is 2. The third kappa shape index (κ3) is 3.43. The van der Waals surface area contributed by atoms with E-state index in [1.54, 1.807) is 24.3 Å². The fourth-order valence-electron chi connectivity index (χ4n) is 8.31. The highest BCUT2D eigenvalue weighted by Gasteiger charge is 2.65. The largest absolute Gasteiger partial charge is 0.456 e. The molecule has 0 spiro atoms. The van der Waals surface area contributed by atoms with Gasteiger partial charge >= 0.3 is 5.97 Å². The van der Waals surface area contributed by atoms with Gasteiger partial charge in [0.1, 0.15) is 11.7 Å². The number of fused-ring (bicyclic) bond motifs is 5. The summed E-state index contributed by atoms with van der Waals surface area (Å²) in [5.41, 5.74) is 0.640. The number of aliphatic hydroxyl groups is 2. The summed E-state index contributed by atoms with van der Waals surface area (Å²) >= 11 is 6.20. The highest BCUT2D eigenvalue weighted by Crippen LogP contribution is 2.67. The van der Waals surface area contributed by atoms with Crippen LogP contribution in [-0.2, 0) is 4.74 Å². The van der Waals surface area contributed by atoms with Gasteiger partial charge in [-0.1, -0.05) is 49.2 Å². The van der Waals surface area contributed by atoms with Gasteiger partial charge in [-0.2, -0.15) is 0 Å². The van der Waals surface area contributed by atoms with E-state index in [4.69, 9.17) is 16.3 Å². The molecular weight excluding hydrogens is 436 g/mol. The van der Waals surface area contributed by atoms with E-state index in [0.717, 1.165) is 44.9 Å². The fraction of sp³-hybridized carbons (Fsp3) is 0.679. The average Bonchev–Trinajstić information content (AvgIpc) is 3.06. The highest BCUT2D eigenvalue weighted by atomic mass is 35.5. The molecule has 180 valence electrons. The zero-order valence-electron chi connectivity index (χ0n) is 20.0. The van der Waals surface area contributed by atoms with Crippen molar-refractivity contribution in [2.24, 2.45) is 28.6 Å². The van der Waals surface area contributed by atoms with Gasteiger partial charge in [-0.25, -0.2) is 4.79 Å². The monoisotopic (exact) mass is 472 g/mol. The van der Waals surface area contributed by atoms with Gasteiger partial charge in [-0.15, -0.1) is 0 Å². The van der Waals surface area contributed by atoms with E-state index in [2.05, 4.69) is 19.9 Å². The Balaban J connectivity index is 1.38. The van der Waals surface area contributed by atoms with Crippen molar-refractivity contribution >= 4 is 17.6 Å². The van der Waals surface area contributed by atoms with Gasteiger partial charge in [0.05, 0.1) is 16.7 Å². The van der Waals surface area contributed by atoms with Crippen LogP contribution >= 0.6 is 11.6 Å². The van der Waals surface area contributed by atoms with E-state index in [1.807, 2.05) is 6.92 Å². The van der Waals surface area contributed by atoms with Gasteiger partial charge in [0.25, 0.3) is 0 Å². The molecule has 33 heavy (non-hydrogen) atoms. The van der Waals surface area contributed by atoms with E-state index in [9.17, 15) is 15.0 Å². The third-order valence-electron chi connectivity index (χ3n) is 10.3. The molecule has 0 heterocycles. The Morgan fingerprint density at radius 1 is 1.12 bits per heavy atom. The minimum absolute atomic E-state index is 0.173. The maximum absolute atomic E-state index is 12.8. The predicted octanol–water partition coefficient (Wildman–Crippen LogP) is 5.94. The number of carbonyl (C=O) groups is 1. The highest BCUT2D eigenvalue weighted by molar-refractivity contribution is 6.33. The SMILES string of the molecule is C[C@@H](OC(=O)c1ccccc1Cl)[C@@]1(O)CC[C@H]2[C@@H]3CC=C4C[C@@H](O)CC[C@]4(C)[C@H]3CC[C@@]21C. The lowest BCUT2D eigenvalue weighted by molar-refractivity contribution is -0.171. The summed E-state index contributed by atoms with van der Waals surface area (Å²) in [7, 11) is 0. The van der Waals surface area contributed by atoms with Gasteiger partial charge in [0, 0.05) is 5.41 Å². The minimum atomic E-state index is -1.05. The Morgan fingerprint density at radius 3 is 2.61 bits per heavy atom. The van der Waals surface area contributed by atoms with E-state index in [0.29, 0.717) is 34.8 Å². The Hall–Kier alpha value is -1.36. The topological polar surface area (TPSA) is 66.8 Å². The van der Waals surface area contributed by atoms with Crippen LogP contribution in [0.2, 0.25) is 5.02 Å². The second-order valence-corrected chi connectivity index (χ2v) is 12.0. The summed E-state index contributed by atoms with van der Waals surface area (Å²) in [5.74, 6) is 1.07. The van der Waals surface area contributed by atoms with Crippen LogP contribution in [0.1, 0.15) is 82.5 Å². The molecule has 0 unspecified atom stereocenters. The maximum atomic E-state index is 12.8. The zero-order chi connectivity index (χ0) is 23.6.